The van der Waals surface area contributed by atoms with E-state index in [0.29, 0.717) is 0 Å². The Morgan fingerprint density at radius 1 is 1.42 bits per heavy atom. The largest absolute Gasteiger partial charge is 0.394 e. The minimum Gasteiger partial charge on any atom is -0.394 e. The topological polar surface area (TPSA) is 59.1 Å². The maximum absolute atomic E-state index is 8.62. The Morgan fingerprint density at radius 3 is 2.50 bits per heavy atom. The number of halogens is 2. The van der Waals surface area contributed by atoms with Gasteiger partial charge in [-0.05, 0) is 12.1 Å². The number of nitrogens with zero attached hydrogens (tertiary/aromatic N) is 1. The van der Waals surface area contributed by atoms with Crippen LogP contribution < -0.4 is 5.73 Å². The van der Waals surface area contributed by atoms with Crippen molar-refractivity contribution in [1.29, 1.82) is 0 Å². The molecule has 1 atom stereocenters. The van der Waals surface area contributed by atoms with Crippen LogP contribution in [0.2, 0.25) is 0 Å². The molecule has 0 spiro atoms. The molecule has 0 aliphatic rings. The van der Waals surface area contributed by atoms with Gasteiger partial charge in [0.05, 0.1) is 18.3 Å². The van der Waals surface area contributed by atoms with Crippen molar-refractivity contribution in [2.24, 2.45) is 5.73 Å². The van der Waals surface area contributed by atoms with Gasteiger partial charge in [-0.1, -0.05) is 6.07 Å². The van der Waals surface area contributed by atoms with E-state index < -0.39 is 0 Å². The number of aromatic nitrogens is 1. The molecule has 3 nitrogen and oxygen atoms in total. The Balaban J connectivity index is 0. The fraction of sp³-hybridized carbons (Fsp3) is 0.286. The highest BCUT2D eigenvalue weighted by molar-refractivity contribution is 5.85. The van der Waals surface area contributed by atoms with E-state index >= 15 is 0 Å². The summed E-state index contributed by atoms with van der Waals surface area (Å²) in [6.45, 7) is -0.0585. The molecule has 0 aliphatic heterocycles. The summed E-state index contributed by atoms with van der Waals surface area (Å²) in [6.07, 6.45) is 1.66. The molecule has 1 heterocycles. The lowest BCUT2D eigenvalue weighted by atomic mass is 10.2. The van der Waals surface area contributed by atoms with Crippen LogP contribution in [0.4, 0.5) is 0 Å². The van der Waals surface area contributed by atoms with Crippen molar-refractivity contribution in [3.05, 3.63) is 30.1 Å². The van der Waals surface area contributed by atoms with Crippen molar-refractivity contribution < 1.29 is 5.11 Å². The number of aliphatic hydroxyl groups is 1. The van der Waals surface area contributed by atoms with Crippen LogP contribution in [-0.4, -0.2) is 16.7 Å². The average Bonchev–Trinajstić information content (AvgIpc) is 2.05. The Kier molecular flexibility index (Phi) is 8.64. The van der Waals surface area contributed by atoms with Gasteiger partial charge in [-0.25, -0.2) is 0 Å². The first kappa shape index (κ1) is 14.2. The third kappa shape index (κ3) is 3.88. The molecule has 0 aliphatic carbocycles. The summed E-state index contributed by atoms with van der Waals surface area (Å²) in [5, 5.41) is 8.62. The molecule has 1 aromatic rings. The zero-order chi connectivity index (χ0) is 7.40. The molecule has 0 aromatic carbocycles. The Morgan fingerprint density at radius 2 is 2.08 bits per heavy atom. The number of nitrogens with two attached hydrogens (primary N) is 1. The summed E-state index contributed by atoms with van der Waals surface area (Å²) in [5.74, 6) is 0. The molecule has 3 N–H and O–H groups in total. The second-order valence-electron chi connectivity index (χ2n) is 2.04. The predicted octanol–water partition coefficient (Wildman–Crippen LogP) is 0.917. The summed E-state index contributed by atoms with van der Waals surface area (Å²) in [7, 11) is 0. The highest BCUT2D eigenvalue weighted by Crippen LogP contribution is 2.02. The molecule has 0 radical (unpaired) electrons. The van der Waals surface area contributed by atoms with Gasteiger partial charge in [0.1, 0.15) is 0 Å². The van der Waals surface area contributed by atoms with Crippen LogP contribution in [-0.2, 0) is 0 Å². The lowest BCUT2D eigenvalue weighted by molar-refractivity contribution is 0.266. The summed E-state index contributed by atoms with van der Waals surface area (Å²) in [4.78, 5) is 3.96. The highest BCUT2D eigenvalue weighted by Gasteiger charge is 2.02. The molecule has 70 valence electrons. The van der Waals surface area contributed by atoms with E-state index in [2.05, 4.69) is 4.98 Å². The number of aliphatic hydroxyl groups excluding tert-OH is 1. The van der Waals surface area contributed by atoms with Crippen molar-refractivity contribution in [1.82, 2.24) is 4.98 Å². The second kappa shape index (κ2) is 7.31. The molecule has 0 amide bonds. The number of rotatable bonds is 2. The lowest BCUT2D eigenvalue weighted by Crippen LogP contribution is -2.15. The van der Waals surface area contributed by atoms with Gasteiger partial charge in [-0.3, -0.25) is 4.98 Å². The van der Waals surface area contributed by atoms with Gasteiger partial charge in [0.2, 0.25) is 0 Å². The summed E-state index contributed by atoms with van der Waals surface area (Å²) in [5.41, 5.74) is 6.21. The summed E-state index contributed by atoms with van der Waals surface area (Å²) in [6, 6.07) is 5.10. The van der Waals surface area contributed by atoms with E-state index in [9.17, 15) is 0 Å². The van der Waals surface area contributed by atoms with Gasteiger partial charge < -0.3 is 10.8 Å². The van der Waals surface area contributed by atoms with Gasteiger partial charge >= 0.3 is 0 Å². The smallest absolute Gasteiger partial charge is 0.0704 e. The van der Waals surface area contributed by atoms with E-state index in [4.69, 9.17) is 10.8 Å². The van der Waals surface area contributed by atoms with Gasteiger partial charge in [0.25, 0.3) is 0 Å². The Hall–Kier alpha value is -0.350. The standard InChI is InChI=1S/C7H10N2O.2ClH/c8-6(5-10)7-3-1-2-4-9-7;;/h1-4,6,10H,5,8H2;2*1H. The van der Waals surface area contributed by atoms with Crippen molar-refractivity contribution in [2.75, 3.05) is 6.61 Å². The second-order valence-corrected chi connectivity index (χ2v) is 2.04. The van der Waals surface area contributed by atoms with Crippen molar-refractivity contribution in [2.45, 2.75) is 6.04 Å². The first-order valence-corrected chi connectivity index (χ1v) is 3.12. The van der Waals surface area contributed by atoms with Crippen LogP contribution in [0, 0.1) is 0 Å². The fourth-order valence-corrected chi connectivity index (χ4v) is 0.689. The molecule has 0 saturated heterocycles. The lowest BCUT2D eigenvalue weighted by Gasteiger charge is -2.04. The van der Waals surface area contributed by atoms with Crippen LogP contribution in [0.5, 0.6) is 0 Å². The van der Waals surface area contributed by atoms with Crippen LogP contribution in [0.25, 0.3) is 0 Å². The molecule has 0 bridgehead atoms. The fourth-order valence-electron chi connectivity index (χ4n) is 0.689. The van der Waals surface area contributed by atoms with Gasteiger partial charge in [0.15, 0.2) is 0 Å². The van der Waals surface area contributed by atoms with Gasteiger partial charge in [-0.2, -0.15) is 0 Å². The minimum absolute atomic E-state index is 0. The summed E-state index contributed by atoms with van der Waals surface area (Å²) >= 11 is 0. The third-order valence-electron chi connectivity index (χ3n) is 1.26. The molecule has 1 unspecified atom stereocenters. The van der Waals surface area contributed by atoms with Crippen LogP contribution >= 0.6 is 24.8 Å². The zero-order valence-electron chi connectivity index (χ0n) is 6.38. The van der Waals surface area contributed by atoms with Crippen LogP contribution in [0.15, 0.2) is 24.4 Å². The average molecular weight is 211 g/mol. The molecular weight excluding hydrogens is 199 g/mol. The molecule has 1 aromatic heterocycles. The van der Waals surface area contributed by atoms with E-state index in [1.807, 2.05) is 12.1 Å². The number of pyridine rings is 1. The predicted molar refractivity (Wildman–Crippen MR) is 52.7 cm³/mol. The summed E-state index contributed by atoms with van der Waals surface area (Å²) < 4.78 is 0. The molecular formula is C7H12Cl2N2O. The molecule has 5 heteroatoms. The van der Waals surface area contributed by atoms with Crippen molar-refractivity contribution >= 4 is 24.8 Å². The van der Waals surface area contributed by atoms with E-state index in [1.165, 1.54) is 0 Å². The van der Waals surface area contributed by atoms with Crippen molar-refractivity contribution in [3.63, 3.8) is 0 Å². The molecule has 0 fully saturated rings. The molecule has 12 heavy (non-hydrogen) atoms. The first-order valence-electron chi connectivity index (χ1n) is 3.12. The monoisotopic (exact) mass is 210 g/mol. The SMILES string of the molecule is Cl.Cl.NC(CO)c1ccccn1. The van der Waals surface area contributed by atoms with Crippen LogP contribution in [0.3, 0.4) is 0 Å². The third-order valence-corrected chi connectivity index (χ3v) is 1.26. The van der Waals surface area contributed by atoms with Gasteiger partial charge in [-0.15, -0.1) is 24.8 Å². The van der Waals surface area contributed by atoms with E-state index in [-0.39, 0.29) is 37.5 Å². The highest BCUT2D eigenvalue weighted by atomic mass is 35.5. The maximum atomic E-state index is 8.62. The quantitative estimate of drug-likeness (QED) is 0.764. The number of hydrogen-bond donors (Lipinski definition) is 2. The molecule has 1 rings (SSSR count). The first-order chi connectivity index (χ1) is 4.84. The molecule has 0 saturated carbocycles. The van der Waals surface area contributed by atoms with Crippen LogP contribution in [0.1, 0.15) is 11.7 Å². The minimum atomic E-state index is -0.346. The van der Waals surface area contributed by atoms with Crippen molar-refractivity contribution in [3.8, 4) is 0 Å². The van der Waals surface area contributed by atoms with Gasteiger partial charge in [0, 0.05) is 6.20 Å². The Labute approximate surface area is 83.8 Å². The van der Waals surface area contributed by atoms with E-state index in [0.717, 1.165) is 5.69 Å². The maximum Gasteiger partial charge on any atom is 0.0704 e. The normalized spacial score (nSPS) is 10.8. The Bertz CT molecular complexity index is 196. The number of hydrogen-bond acceptors (Lipinski definition) is 3. The zero-order valence-corrected chi connectivity index (χ0v) is 8.02. The van der Waals surface area contributed by atoms with E-state index in [1.54, 1.807) is 12.3 Å².